The maximum absolute atomic E-state index is 12.5. The molecule has 2 amide bonds. The molecule has 0 bridgehead atoms. The number of cyclic esters (lactones) is 1. The van der Waals surface area contributed by atoms with Crippen molar-refractivity contribution in [1.82, 2.24) is 4.90 Å². The van der Waals surface area contributed by atoms with E-state index in [1.807, 2.05) is 54.6 Å². The van der Waals surface area contributed by atoms with Crippen molar-refractivity contribution in [1.29, 1.82) is 0 Å². The van der Waals surface area contributed by atoms with Crippen LogP contribution in [0.3, 0.4) is 0 Å². The van der Waals surface area contributed by atoms with Gasteiger partial charge in [0.05, 0.1) is 19.8 Å². The fourth-order valence-electron chi connectivity index (χ4n) is 4.14. The molecule has 2 aliphatic rings. The summed E-state index contributed by atoms with van der Waals surface area (Å²) in [4.78, 5) is 28.2. The van der Waals surface area contributed by atoms with E-state index in [4.69, 9.17) is 14.2 Å². The Kier molecular flexibility index (Phi) is 6.44. The molecule has 0 radical (unpaired) electrons. The number of hydrogen-bond donors (Lipinski definition) is 0. The predicted octanol–water partition coefficient (Wildman–Crippen LogP) is 4.29. The average molecular weight is 459 g/mol. The van der Waals surface area contributed by atoms with Gasteiger partial charge in [0.25, 0.3) is 5.91 Å². The first-order valence-electron chi connectivity index (χ1n) is 11.4. The minimum Gasteiger partial charge on any atom is -0.484 e. The lowest BCUT2D eigenvalue weighted by Crippen LogP contribution is -2.42. The van der Waals surface area contributed by atoms with Crippen molar-refractivity contribution in [3.63, 3.8) is 0 Å². The van der Waals surface area contributed by atoms with E-state index in [0.717, 1.165) is 22.4 Å². The topological polar surface area (TPSA) is 68.3 Å². The van der Waals surface area contributed by atoms with Gasteiger partial charge in [-0.05, 0) is 41.0 Å². The van der Waals surface area contributed by atoms with E-state index < -0.39 is 0 Å². The average Bonchev–Trinajstić information content (AvgIpc) is 3.30. The zero-order valence-electron chi connectivity index (χ0n) is 18.8. The maximum Gasteiger partial charge on any atom is 0.415 e. The van der Waals surface area contributed by atoms with Crippen LogP contribution in [0.5, 0.6) is 5.75 Å². The van der Waals surface area contributed by atoms with Gasteiger partial charge >= 0.3 is 6.09 Å². The van der Waals surface area contributed by atoms with Crippen LogP contribution in [0.2, 0.25) is 0 Å². The second-order valence-electron chi connectivity index (χ2n) is 8.25. The number of anilines is 1. The van der Waals surface area contributed by atoms with Crippen molar-refractivity contribution >= 4 is 17.7 Å². The first-order valence-corrected chi connectivity index (χ1v) is 11.4. The van der Waals surface area contributed by atoms with Crippen LogP contribution < -0.4 is 9.64 Å². The minimum absolute atomic E-state index is 0.00941. The standard InChI is InChI=1S/C27H26N2O5/c30-26(28-14-16-32-17-15-28)19-33-24-12-8-22(9-13-24)25-18-29(27(31)34-25)23-10-6-21(7-11-23)20-4-2-1-3-5-20/h1-13,25H,14-19H2. The van der Waals surface area contributed by atoms with Gasteiger partial charge in [0.1, 0.15) is 11.9 Å². The first-order chi connectivity index (χ1) is 16.7. The minimum atomic E-state index is -0.370. The van der Waals surface area contributed by atoms with E-state index >= 15 is 0 Å². The molecule has 174 valence electrons. The lowest BCUT2D eigenvalue weighted by atomic mass is 10.1. The van der Waals surface area contributed by atoms with Crippen molar-refractivity contribution in [3.05, 3.63) is 84.4 Å². The SMILES string of the molecule is O=C(COc1ccc(C2CN(c3ccc(-c4ccccc4)cc3)C(=O)O2)cc1)N1CCOCC1. The van der Waals surface area contributed by atoms with Gasteiger partial charge in [0, 0.05) is 18.8 Å². The number of amides is 2. The fourth-order valence-corrected chi connectivity index (χ4v) is 4.14. The molecule has 34 heavy (non-hydrogen) atoms. The van der Waals surface area contributed by atoms with Gasteiger partial charge in [-0.2, -0.15) is 0 Å². The molecular weight excluding hydrogens is 432 g/mol. The normalized spacial score (nSPS) is 18.0. The molecule has 5 rings (SSSR count). The number of morpholine rings is 1. The van der Waals surface area contributed by atoms with Crippen molar-refractivity contribution in [2.75, 3.05) is 44.4 Å². The highest BCUT2D eigenvalue weighted by atomic mass is 16.6. The molecule has 3 aromatic rings. The lowest BCUT2D eigenvalue weighted by molar-refractivity contribution is -0.137. The summed E-state index contributed by atoms with van der Waals surface area (Å²) in [5.41, 5.74) is 3.90. The quantitative estimate of drug-likeness (QED) is 0.551. The first kappa shape index (κ1) is 22.0. The summed E-state index contributed by atoms with van der Waals surface area (Å²) in [7, 11) is 0. The molecule has 7 nitrogen and oxygen atoms in total. The molecule has 0 saturated carbocycles. The van der Waals surface area contributed by atoms with E-state index in [-0.39, 0.29) is 24.7 Å². The van der Waals surface area contributed by atoms with Crippen molar-refractivity contribution in [2.45, 2.75) is 6.10 Å². The predicted molar refractivity (Wildman–Crippen MR) is 128 cm³/mol. The highest BCUT2D eigenvalue weighted by Crippen LogP contribution is 2.32. The third-order valence-electron chi connectivity index (χ3n) is 6.08. The third-order valence-corrected chi connectivity index (χ3v) is 6.08. The molecule has 0 spiro atoms. The molecule has 7 heteroatoms. The molecule has 2 aliphatic heterocycles. The zero-order valence-corrected chi connectivity index (χ0v) is 18.8. The second-order valence-corrected chi connectivity index (χ2v) is 8.25. The molecule has 2 heterocycles. The number of rotatable bonds is 6. The molecule has 1 unspecified atom stereocenters. The number of hydrogen-bond acceptors (Lipinski definition) is 5. The number of nitrogens with zero attached hydrogens (tertiary/aromatic N) is 2. The largest absolute Gasteiger partial charge is 0.484 e. The van der Waals surface area contributed by atoms with Crippen LogP contribution >= 0.6 is 0 Å². The number of carbonyl (C=O) groups excluding carboxylic acids is 2. The van der Waals surface area contributed by atoms with E-state index in [1.165, 1.54) is 0 Å². The summed E-state index contributed by atoms with van der Waals surface area (Å²) in [5.74, 6) is 0.550. The molecule has 2 fully saturated rings. The Hall–Kier alpha value is -3.84. The molecule has 0 aromatic heterocycles. The van der Waals surface area contributed by atoms with E-state index in [1.54, 1.807) is 21.9 Å². The van der Waals surface area contributed by atoms with Gasteiger partial charge in [0.15, 0.2) is 6.61 Å². The van der Waals surface area contributed by atoms with Gasteiger partial charge in [-0.1, -0.05) is 54.6 Å². The molecule has 1 atom stereocenters. The Morgan fingerprint density at radius 2 is 1.56 bits per heavy atom. The molecule has 0 aliphatic carbocycles. The summed E-state index contributed by atoms with van der Waals surface area (Å²) in [5, 5.41) is 0. The van der Waals surface area contributed by atoms with E-state index in [2.05, 4.69) is 12.1 Å². The molecule has 3 aromatic carbocycles. The molecule has 2 saturated heterocycles. The van der Waals surface area contributed by atoms with E-state index in [0.29, 0.717) is 38.6 Å². The van der Waals surface area contributed by atoms with Crippen LogP contribution in [0.15, 0.2) is 78.9 Å². The Labute approximate surface area is 198 Å². The second kappa shape index (κ2) is 9.97. The van der Waals surface area contributed by atoms with Gasteiger partial charge < -0.3 is 19.1 Å². The van der Waals surface area contributed by atoms with Crippen LogP contribution in [0, 0.1) is 0 Å². The Bertz CT molecular complexity index is 1130. The lowest BCUT2D eigenvalue weighted by Gasteiger charge is -2.26. The monoisotopic (exact) mass is 458 g/mol. The summed E-state index contributed by atoms with van der Waals surface area (Å²) in [6.45, 7) is 2.74. The smallest absolute Gasteiger partial charge is 0.415 e. The van der Waals surface area contributed by atoms with Crippen LogP contribution in [-0.2, 0) is 14.3 Å². The highest BCUT2D eigenvalue weighted by Gasteiger charge is 2.33. The van der Waals surface area contributed by atoms with Crippen LogP contribution in [0.1, 0.15) is 11.7 Å². The van der Waals surface area contributed by atoms with Gasteiger partial charge in [0.2, 0.25) is 0 Å². The van der Waals surface area contributed by atoms with Crippen LogP contribution in [-0.4, -0.2) is 56.4 Å². The zero-order chi connectivity index (χ0) is 23.3. The van der Waals surface area contributed by atoms with Gasteiger partial charge in [-0.15, -0.1) is 0 Å². The van der Waals surface area contributed by atoms with Crippen molar-refractivity contribution in [3.8, 4) is 16.9 Å². The summed E-state index contributed by atoms with van der Waals surface area (Å²) in [6.07, 6.45) is -0.737. The fraction of sp³-hybridized carbons (Fsp3) is 0.259. The molecular formula is C27H26N2O5. The number of benzene rings is 3. The van der Waals surface area contributed by atoms with Crippen LogP contribution in [0.25, 0.3) is 11.1 Å². The number of carbonyl (C=O) groups is 2. The third kappa shape index (κ3) is 4.89. The van der Waals surface area contributed by atoms with Crippen molar-refractivity contribution in [2.24, 2.45) is 0 Å². The molecule has 0 N–H and O–H groups in total. The Morgan fingerprint density at radius 3 is 2.26 bits per heavy atom. The summed E-state index contributed by atoms with van der Waals surface area (Å²) < 4.78 is 16.5. The van der Waals surface area contributed by atoms with Crippen LogP contribution in [0.4, 0.5) is 10.5 Å². The Morgan fingerprint density at radius 1 is 0.882 bits per heavy atom. The Balaban J connectivity index is 1.18. The highest BCUT2D eigenvalue weighted by molar-refractivity contribution is 5.90. The van der Waals surface area contributed by atoms with E-state index in [9.17, 15) is 9.59 Å². The maximum atomic E-state index is 12.5. The number of ether oxygens (including phenoxy) is 3. The van der Waals surface area contributed by atoms with Crippen molar-refractivity contribution < 1.29 is 23.8 Å². The van der Waals surface area contributed by atoms with Gasteiger partial charge in [-0.3, -0.25) is 9.69 Å². The van der Waals surface area contributed by atoms with Gasteiger partial charge in [-0.25, -0.2) is 4.79 Å². The summed E-state index contributed by atoms with van der Waals surface area (Å²) >= 11 is 0. The summed E-state index contributed by atoms with van der Waals surface area (Å²) in [6, 6.07) is 25.3.